The number of hydrogen-bond acceptors (Lipinski definition) is 31. The van der Waals surface area contributed by atoms with Gasteiger partial charge in [-0.25, -0.2) is 75.8 Å². The molecule has 3 aromatic carbocycles. The van der Waals surface area contributed by atoms with Crippen LogP contribution >= 0.6 is 15.9 Å². The average molecular weight is 1430 g/mol. The molecule has 95 heavy (non-hydrogen) atoms. The van der Waals surface area contributed by atoms with Crippen molar-refractivity contribution >= 4 is 92.5 Å². The highest BCUT2D eigenvalue weighted by molar-refractivity contribution is 9.10. The summed E-state index contributed by atoms with van der Waals surface area (Å²) in [4.78, 5) is 78.4. The third-order valence-electron chi connectivity index (χ3n) is 12.6. The summed E-state index contributed by atoms with van der Waals surface area (Å²) in [5, 5.41) is 22.4. The molecule has 0 aliphatic heterocycles. The van der Waals surface area contributed by atoms with Gasteiger partial charge >= 0.3 is 17.9 Å². The SMILES string of the molecule is CC(C)S(=O)(=O)c1ccc(-c2cnc(N)c(-c3nnc(CC(=O)O)o3)n2)cc1.CC(C)S(=O)(=O)c1ccc(-c2cnc(N)c(-c3nnc(CC(=O)OC(C)(C)C)o3)n2)cc1.CC(C)S(=O)(=O)c1ccc(-c2cnc(N)c(C(=O)NN)n2)cc1.COC(=O)c1nc(Br)cnc1N. The van der Waals surface area contributed by atoms with Gasteiger partial charge in [0.15, 0.2) is 75.6 Å². The zero-order valence-electron chi connectivity index (χ0n) is 52.4. The van der Waals surface area contributed by atoms with Gasteiger partial charge in [0.2, 0.25) is 11.8 Å². The number of amides is 1. The standard InChI is InChI=1S/C21H25N5O5S.C17H17N5O5S.C14H17N5O3S.C6H6BrN3O2/c1-12(2)32(28,29)14-8-6-13(7-9-14)15-11-23-19(22)18(24-15)20-26-25-16(30-20)10-17(27)31-21(3,4)5;1-9(2)28(25,26)11-5-3-10(4-6-11)12-8-19-16(18)15(20-12)17-22-21-13(27-17)7-14(23)24;1-8(2)23(21,22)10-5-3-9(4-6-10)11-7-17-13(15)12(18-11)14(20)19-16;1-12-6(11)4-5(8)9-2-3(7)10-4/h6-9,11-12H,10H2,1-5H3,(H2,22,23);3-6,8-9H,7H2,1-2H3,(H2,18,19)(H,23,24);3-8H,16H2,1-2H3,(H2,15,17)(H,19,20);2H,1H3,(H2,8,9). The van der Waals surface area contributed by atoms with E-state index >= 15 is 0 Å². The summed E-state index contributed by atoms with van der Waals surface area (Å²) in [6.07, 6.45) is 5.08. The minimum Gasteiger partial charge on any atom is -0.481 e. The Balaban J connectivity index is 0.000000209. The minimum atomic E-state index is -3.38. The monoisotopic (exact) mass is 1430 g/mol. The van der Waals surface area contributed by atoms with Crippen LogP contribution in [-0.2, 0) is 61.4 Å². The Morgan fingerprint density at radius 1 is 0.537 bits per heavy atom. The van der Waals surface area contributed by atoms with Crippen LogP contribution < -0.4 is 34.2 Å². The van der Waals surface area contributed by atoms with E-state index in [9.17, 15) is 44.4 Å². The molecule has 0 radical (unpaired) electrons. The fourth-order valence-corrected chi connectivity index (χ4v) is 11.0. The number of aliphatic carboxylic acids is 1. The Bertz CT molecular complexity index is 4610. The molecule has 0 aliphatic rings. The highest BCUT2D eigenvalue weighted by Gasteiger charge is 2.25. The average Bonchev–Trinajstić information content (AvgIpc) is 1.71. The van der Waals surface area contributed by atoms with Gasteiger partial charge in [-0.15, -0.1) is 20.4 Å². The molecule has 1 amide bonds. The van der Waals surface area contributed by atoms with Crippen LogP contribution in [-0.4, -0.2) is 143 Å². The molecule has 9 rings (SSSR count). The lowest BCUT2D eigenvalue weighted by molar-refractivity contribution is -0.154. The maximum absolute atomic E-state index is 12.3. The van der Waals surface area contributed by atoms with Crippen LogP contribution in [0, 0.1) is 0 Å². The quantitative estimate of drug-likeness (QED) is 0.0254. The second-order valence-corrected chi connectivity index (χ2v) is 29.9. The third-order valence-corrected chi connectivity index (χ3v) is 19.4. The fourth-order valence-electron chi connectivity index (χ4n) is 7.52. The smallest absolute Gasteiger partial charge is 0.360 e. The Hall–Kier alpha value is -10.4. The minimum absolute atomic E-state index is 0.00872. The Kier molecular flexibility index (Phi) is 24.1. The van der Waals surface area contributed by atoms with E-state index in [4.69, 9.17) is 47.5 Å². The third kappa shape index (κ3) is 19.1. The number of carboxylic acid groups (broad SMARTS) is 1. The first-order valence-corrected chi connectivity index (χ1v) is 33.3. The number of carbonyl (C=O) groups is 4. The lowest BCUT2D eigenvalue weighted by Crippen LogP contribution is -2.31. The van der Waals surface area contributed by atoms with Gasteiger partial charge in [0.05, 0.1) is 79.4 Å². The number of hydrogen-bond donors (Lipinski definition) is 7. The number of nitrogen functional groups attached to an aromatic ring is 5. The number of methoxy groups -OCH3 is 1. The molecule has 0 fully saturated rings. The van der Waals surface area contributed by atoms with Gasteiger partial charge in [-0.3, -0.25) is 19.8 Å². The summed E-state index contributed by atoms with van der Waals surface area (Å²) in [5.74, 6) is 2.25. The van der Waals surface area contributed by atoms with Crippen molar-refractivity contribution in [3.05, 3.63) is 125 Å². The predicted octanol–water partition coefficient (Wildman–Crippen LogP) is 5.55. The summed E-state index contributed by atoms with van der Waals surface area (Å²) in [6, 6.07) is 18.7. The van der Waals surface area contributed by atoms with Crippen LogP contribution in [0.15, 0.2) is 126 Å². The maximum Gasteiger partial charge on any atom is 0.360 e. The molecular weight excluding hydrogens is 1360 g/mol. The van der Waals surface area contributed by atoms with Gasteiger partial charge in [-0.2, -0.15) is 0 Å². The number of nitrogens with two attached hydrogens (primary N) is 5. The number of nitrogens with one attached hydrogen (secondary N) is 1. The molecule has 0 aliphatic carbocycles. The Morgan fingerprint density at radius 2 is 0.895 bits per heavy atom. The van der Waals surface area contributed by atoms with Crippen LogP contribution in [0.3, 0.4) is 0 Å². The highest BCUT2D eigenvalue weighted by atomic mass is 79.9. The lowest BCUT2D eigenvalue weighted by Gasteiger charge is -2.18. The number of aromatic nitrogens is 12. The first kappa shape index (κ1) is 73.7. The molecule has 0 spiro atoms. The van der Waals surface area contributed by atoms with Gasteiger partial charge < -0.3 is 46.3 Å². The van der Waals surface area contributed by atoms with E-state index in [-0.39, 0.29) is 90.7 Å². The van der Waals surface area contributed by atoms with E-state index in [0.717, 1.165) is 0 Å². The molecule has 6 aromatic heterocycles. The lowest BCUT2D eigenvalue weighted by atomic mass is 10.1. The second kappa shape index (κ2) is 31.0. The molecule has 33 nitrogen and oxygen atoms in total. The number of nitrogens with zero attached hydrogens (tertiary/aromatic N) is 12. The van der Waals surface area contributed by atoms with E-state index in [1.54, 1.807) is 98.7 Å². The van der Waals surface area contributed by atoms with Gasteiger partial charge in [0.25, 0.3) is 17.7 Å². The molecule has 0 saturated heterocycles. The number of ether oxygens (including phenoxy) is 2. The number of benzene rings is 3. The summed E-state index contributed by atoms with van der Waals surface area (Å²) >= 11 is 3.06. The number of carbonyl (C=O) groups excluding carboxylic acids is 3. The molecule has 6 heterocycles. The van der Waals surface area contributed by atoms with Crippen molar-refractivity contribution in [3.8, 4) is 56.9 Å². The van der Waals surface area contributed by atoms with Gasteiger partial charge in [0, 0.05) is 16.7 Å². The maximum atomic E-state index is 12.3. The largest absolute Gasteiger partial charge is 0.481 e. The van der Waals surface area contributed by atoms with Crippen molar-refractivity contribution in [2.24, 2.45) is 5.84 Å². The zero-order valence-corrected chi connectivity index (χ0v) is 56.4. The molecule has 37 heteroatoms. The normalized spacial score (nSPS) is 11.5. The van der Waals surface area contributed by atoms with Crippen molar-refractivity contribution in [1.82, 2.24) is 65.7 Å². The fraction of sp³-hybridized carbons (Fsp3) is 0.276. The van der Waals surface area contributed by atoms with Gasteiger partial charge in [-0.05, 0) is 115 Å². The van der Waals surface area contributed by atoms with Gasteiger partial charge in [-0.1, -0.05) is 36.4 Å². The number of sulfone groups is 3. The molecule has 9 aromatic rings. The van der Waals surface area contributed by atoms with E-state index in [1.807, 2.05) is 5.43 Å². The molecule has 0 bridgehead atoms. The molecule has 12 N–H and O–H groups in total. The van der Waals surface area contributed by atoms with Crippen LogP contribution in [0.4, 0.5) is 23.3 Å². The van der Waals surface area contributed by atoms with E-state index < -0.39 is 81.1 Å². The number of rotatable bonds is 17. The van der Waals surface area contributed by atoms with Crippen LogP contribution in [0.25, 0.3) is 56.9 Å². The molecule has 502 valence electrons. The number of esters is 2. The summed E-state index contributed by atoms with van der Waals surface area (Å²) in [7, 11) is -8.85. The number of carboxylic acids is 1. The molecule has 0 saturated carbocycles. The predicted molar refractivity (Wildman–Crippen MR) is 347 cm³/mol. The Morgan fingerprint density at radius 3 is 1.25 bits per heavy atom. The number of halogens is 1. The molecule has 0 unspecified atom stereocenters. The van der Waals surface area contributed by atoms with Crippen LogP contribution in [0.1, 0.15) is 95.1 Å². The van der Waals surface area contributed by atoms with Crippen LogP contribution in [0.2, 0.25) is 0 Å². The van der Waals surface area contributed by atoms with Crippen molar-refractivity contribution in [3.63, 3.8) is 0 Å². The zero-order chi connectivity index (χ0) is 70.5. The van der Waals surface area contributed by atoms with Crippen molar-refractivity contribution in [2.45, 2.75) is 111 Å². The van der Waals surface area contributed by atoms with Crippen molar-refractivity contribution in [1.29, 1.82) is 0 Å². The second-order valence-electron chi connectivity index (χ2n) is 21.5. The number of hydrazine groups is 1. The number of anilines is 4. The first-order chi connectivity index (χ1) is 44.5. The van der Waals surface area contributed by atoms with Crippen LogP contribution in [0.5, 0.6) is 0 Å². The van der Waals surface area contributed by atoms with Gasteiger partial charge in [0.1, 0.15) is 23.0 Å². The summed E-state index contributed by atoms with van der Waals surface area (Å²) < 4.78 is 94.2. The van der Waals surface area contributed by atoms with E-state index in [2.05, 4.69) is 80.9 Å². The summed E-state index contributed by atoms with van der Waals surface area (Å²) in [5.41, 5.74) is 27.3. The molecular formula is C58H65BrN18O15S3. The van der Waals surface area contributed by atoms with E-state index in [1.165, 1.54) is 68.3 Å². The topological polar surface area (TPSA) is 532 Å². The summed E-state index contributed by atoms with van der Waals surface area (Å²) in [6.45, 7) is 15.0. The molecule has 0 atom stereocenters. The van der Waals surface area contributed by atoms with E-state index in [0.29, 0.717) is 38.4 Å². The Labute approximate surface area is 552 Å². The van der Waals surface area contributed by atoms with Crippen molar-refractivity contribution in [2.75, 3.05) is 30.0 Å². The highest BCUT2D eigenvalue weighted by Crippen LogP contribution is 2.30. The first-order valence-electron chi connectivity index (χ1n) is 27.8. The van der Waals surface area contributed by atoms with Crippen molar-refractivity contribution < 1.29 is 67.8 Å².